The van der Waals surface area contributed by atoms with Gasteiger partial charge in [-0.25, -0.2) is 0 Å². The number of rotatable bonds is 1. The highest BCUT2D eigenvalue weighted by Gasteiger charge is 2.16. The molecule has 0 amide bonds. The maximum atomic E-state index is 4.43. The number of hydrogen-bond donors (Lipinski definition) is 1. The minimum Gasteiger partial charge on any atom is -0.176 e. The molecule has 9 heavy (non-hydrogen) atoms. The van der Waals surface area contributed by atoms with Crippen LogP contribution >= 0.6 is 24.4 Å². The van der Waals surface area contributed by atoms with E-state index in [-0.39, 0.29) is 0 Å². The van der Waals surface area contributed by atoms with E-state index < -0.39 is 0 Å². The van der Waals surface area contributed by atoms with E-state index in [4.69, 9.17) is 0 Å². The summed E-state index contributed by atoms with van der Waals surface area (Å²) in [5, 5.41) is 1.64. The Bertz CT molecular complexity index is 75.0. The minimum atomic E-state index is 0.702. The van der Waals surface area contributed by atoms with Crippen molar-refractivity contribution in [2.45, 2.75) is 36.2 Å². The SMILES string of the molecule is CSC1CCC(S)CC1. The molecule has 2 heteroatoms. The van der Waals surface area contributed by atoms with Crippen molar-refractivity contribution in [2.75, 3.05) is 6.26 Å². The van der Waals surface area contributed by atoms with Crippen molar-refractivity contribution >= 4 is 24.4 Å². The maximum Gasteiger partial charge on any atom is 0.00450 e. The van der Waals surface area contributed by atoms with Crippen LogP contribution in [0, 0.1) is 0 Å². The fraction of sp³-hybridized carbons (Fsp3) is 1.00. The van der Waals surface area contributed by atoms with Gasteiger partial charge in [0, 0.05) is 10.5 Å². The zero-order valence-electron chi connectivity index (χ0n) is 5.84. The quantitative estimate of drug-likeness (QED) is 0.578. The fourth-order valence-electron chi connectivity index (χ4n) is 1.28. The van der Waals surface area contributed by atoms with Crippen LogP contribution in [-0.4, -0.2) is 16.8 Å². The summed E-state index contributed by atoms with van der Waals surface area (Å²) in [5.74, 6) is 0. The molecule has 0 heterocycles. The van der Waals surface area contributed by atoms with Gasteiger partial charge in [0.2, 0.25) is 0 Å². The molecule has 0 bridgehead atoms. The molecule has 1 saturated carbocycles. The van der Waals surface area contributed by atoms with Crippen LogP contribution in [0.15, 0.2) is 0 Å². The van der Waals surface area contributed by atoms with Gasteiger partial charge in [-0.1, -0.05) is 0 Å². The molecule has 0 atom stereocenters. The summed E-state index contributed by atoms with van der Waals surface area (Å²) >= 11 is 6.45. The molecular weight excluding hydrogens is 148 g/mol. The van der Waals surface area contributed by atoms with Gasteiger partial charge in [0.1, 0.15) is 0 Å². The highest BCUT2D eigenvalue weighted by molar-refractivity contribution is 7.99. The molecule has 0 radical (unpaired) electrons. The van der Waals surface area contributed by atoms with Crippen molar-refractivity contribution in [3.63, 3.8) is 0 Å². The van der Waals surface area contributed by atoms with Crippen LogP contribution in [0.1, 0.15) is 25.7 Å². The summed E-state index contributed by atoms with van der Waals surface area (Å²) in [6.45, 7) is 0. The van der Waals surface area contributed by atoms with E-state index in [0.29, 0.717) is 5.25 Å². The lowest BCUT2D eigenvalue weighted by molar-refractivity contribution is 0.531. The van der Waals surface area contributed by atoms with Gasteiger partial charge >= 0.3 is 0 Å². The summed E-state index contributed by atoms with van der Waals surface area (Å²) in [6.07, 6.45) is 7.64. The average molecular weight is 162 g/mol. The van der Waals surface area contributed by atoms with Gasteiger partial charge in [-0.05, 0) is 31.9 Å². The Morgan fingerprint density at radius 3 is 2.22 bits per heavy atom. The fourth-order valence-corrected chi connectivity index (χ4v) is 2.32. The smallest absolute Gasteiger partial charge is 0.00450 e. The van der Waals surface area contributed by atoms with E-state index in [0.717, 1.165) is 5.25 Å². The average Bonchev–Trinajstić information content (AvgIpc) is 1.90. The van der Waals surface area contributed by atoms with Gasteiger partial charge in [0.25, 0.3) is 0 Å². The summed E-state index contributed by atoms with van der Waals surface area (Å²) in [5.41, 5.74) is 0. The lowest BCUT2D eigenvalue weighted by Gasteiger charge is -2.23. The second-order valence-electron chi connectivity index (χ2n) is 2.67. The zero-order valence-corrected chi connectivity index (χ0v) is 7.55. The van der Waals surface area contributed by atoms with E-state index in [1.165, 1.54) is 25.7 Å². The van der Waals surface area contributed by atoms with Crippen molar-refractivity contribution in [1.29, 1.82) is 0 Å². The first-order valence-corrected chi connectivity index (χ1v) is 5.34. The van der Waals surface area contributed by atoms with Crippen LogP contribution < -0.4 is 0 Å². The second kappa shape index (κ2) is 3.77. The minimum absolute atomic E-state index is 0.702. The topological polar surface area (TPSA) is 0 Å². The number of thiol groups is 1. The molecule has 0 N–H and O–H groups in total. The molecule has 1 aliphatic rings. The van der Waals surface area contributed by atoms with Crippen LogP contribution in [0.5, 0.6) is 0 Å². The number of thioether (sulfide) groups is 1. The first-order chi connectivity index (χ1) is 4.33. The van der Waals surface area contributed by atoms with Gasteiger partial charge in [-0.15, -0.1) is 0 Å². The molecule has 1 aliphatic carbocycles. The Morgan fingerprint density at radius 2 is 1.78 bits per heavy atom. The summed E-state index contributed by atoms with van der Waals surface area (Å²) in [6, 6.07) is 0. The molecule has 0 unspecified atom stereocenters. The molecule has 0 saturated heterocycles. The molecule has 0 nitrogen and oxygen atoms in total. The highest BCUT2D eigenvalue weighted by Crippen LogP contribution is 2.28. The van der Waals surface area contributed by atoms with Gasteiger partial charge in [0.15, 0.2) is 0 Å². The van der Waals surface area contributed by atoms with Crippen molar-refractivity contribution in [1.82, 2.24) is 0 Å². The van der Waals surface area contributed by atoms with Gasteiger partial charge in [0.05, 0.1) is 0 Å². The van der Waals surface area contributed by atoms with Crippen LogP contribution in [0.25, 0.3) is 0 Å². The predicted molar refractivity (Wildman–Crippen MR) is 48.5 cm³/mol. The molecule has 54 valence electrons. The molecule has 1 fully saturated rings. The van der Waals surface area contributed by atoms with Crippen LogP contribution in [0.2, 0.25) is 0 Å². The summed E-state index contributed by atoms with van der Waals surface area (Å²) in [7, 11) is 0. The van der Waals surface area contributed by atoms with Crippen molar-refractivity contribution in [3.05, 3.63) is 0 Å². The monoisotopic (exact) mass is 162 g/mol. The van der Waals surface area contributed by atoms with E-state index in [2.05, 4.69) is 18.9 Å². The third-order valence-electron chi connectivity index (χ3n) is 1.98. The summed E-state index contributed by atoms with van der Waals surface area (Å²) in [4.78, 5) is 0. The van der Waals surface area contributed by atoms with E-state index in [1.54, 1.807) is 0 Å². The third-order valence-corrected chi connectivity index (χ3v) is 3.63. The lowest BCUT2D eigenvalue weighted by Crippen LogP contribution is -2.15. The Balaban J connectivity index is 2.18. The molecule has 1 rings (SSSR count). The first kappa shape index (κ1) is 7.80. The normalized spacial score (nSPS) is 36.7. The highest BCUT2D eigenvalue weighted by atomic mass is 32.2. The van der Waals surface area contributed by atoms with Crippen molar-refractivity contribution in [3.8, 4) is 0 Å². The molecular formula is C7H14S2. The molecule has 0 aliphatic heterocycles. The van der Waals surface area contributed by atoms with Crippen LogP contribution in [-0.2, 0) is 0 Å². The molecule has 0 aromatic carbocycles. The zero-order chi connectivity index (χ0) is 6.69. The summed E-state index contributed by atoms with van der Waals surface area (Å²) < 4.78 is 0. The molecule has 0 spiro atoms. The lowest BCUT2D eigenvalue weighted by atomic mass is 10.00. The van der Waals surface area contributed by atoms with Crippen LogP contribution in [0.4, 0.5) is 0 Å². The Kier molecular flexibility index (Phi) is 3.27. The Hall–Kier alpha value is 0.700. The second-order valence-corrected chi connectivity index (χ2v) is 4.53. The van der Waals surface area contributed by atoms with Crippen molar-refractivity contribution < 1.29 is 0 Å². The van der Waals surface area contributed by atoms with E-state index >= 15 is 0 Å². The van der Waals surface area contributed by atoms with E-state index in [9.17, 15) is 0 Å². The first-order valence-electron chi connectivity index (χ1n) is 3.54. The maximum absolute atomic E-state index is 4.43. The standard InChI is InChI=1S/C7H14S2/c1-9-7-4-2-6(8)3-5-7/h6-8H,2-5H2,1H3. The van der Waals surface area contributed by atoms with Gasteiger partial charge in [-0.2, -0.15) is 24.4 Å². The largest absolute Gasteiger partial charge is 0.176 e. The van der Waals surface area contributed by atoms with Crippen molar-refractivity contribution in [2.24, 2.45) is 0 Å². The van der Waals surface area contributed by atoms with Gasteiger partial charge < -0.3 is 0 Å². The molecule has 0 aromatic heterocycles. The third kappa shape index (κ3) is 2.42. The Morgan fingerprint density at radius 1 is 1.22 bits per heavy atom. The number of hydrogen-bond acceptors (Lipinski definition) is 2. The van der Waals surface area contributed by atoms with E-state index in [1.807, 2.05) is 11.8 Å². The van der Waals surface area contributed by atoms with Crippen LogP contribution in [0.3, 0.4) is 0 Å². The van der Waals surface area contributed by atoms with Gasteiger partial charge in [-0.3, -0.25) is 0 Å². The molecule has 0 aromatic rings. The predicted octanol–water partition coefficient (Wildman–Crippen LogP) is 2.59. The Labute approximate surface area is 67.2 Å².